The maximum atomic E-state index is 12.8. The van der Waals surface area contributed by atoms with E-state index < -0.39 is 39.9 Å². The first kappa shape index (κ1) is 26.2. The summed E-state index contributed by atoms with van der Waals surface area (Å²) < 4.78 is 28.8. The normalized spacial score (nSPS) is 14.3. The van der Waals surface area contributed by atoms with Gasteiger partial charge in [-0.3, -0.25) is 9.59 Å². The van der Waals surface area contributed by atoms with E-state index in [-0.39, 0.29) is 31.1 Å². The molecule has 0 fully saturated rings. The van der Waals surface area contributed by atoms with E-state index in [0.717, 1.165) is 28.5 Å². The second kappa shape index (κ2) is 11.4. The zero-order chi connectivity index (χ0) is 25.6. The molecule has 2 unspecified atom stereocenters. The molecule has 2 atom stereocenters. The molecule has 0 aromatic heterocycles. The van der Waals surface area contributed by atoms with E-state index in [1.165, 1.54) is 0 Å². The Morgan fingerprint density at radius 3 is 2.09 bits per heavy atom. The van der Waals surface area contributed by atoms with Crippen molar-refractivity contribution >= 4 is 27.8 Å². The summed E-state index contributed by atoms with van der Waals surface area (Å²) >= 11 is 0. The number of alkyl carbamates (subject to hydrolysis) is 1. The first-order chi connectivity index (χ1) is 16.6. The van der Waals surface area contributed by atoms with Gasteiger partial charge in [-0.25, -0.2) is 13.2 Å². The highest BCUT2D eigenvalue weighted by molar-refractivity contribution is 7.90. The lowest BCUT2D eigenvalue weighted by Crippen LogP contribution is -2.50. The molecule has 0 spiro atoms. The summed E-state index contributed by atoms with van der Waals surface area (Å²) in [4.78, 5) is 36.4. The van der Waals surface area contributed by atoms with E-state index in [1.54, 1.807) is 6.92 Å². The summed E-state index contributed by atoms with van der Waals surface area (Å²) in [7, 11) is -3.40. The van der Waals surface area contributed by atoms with Gasteiger partial charge in [0.1, 0.15) is 22.5 Å². The number of aliphatic carboxylic acids is 1. The van der Waals surface area contributed by atoms with Gasteiger partial charge in [-0.2, -0.15) is 0 Å². The van der Waals surface area contributed by atoms with E-state index in [2.05, 4.69) is 10.6 Å². The third-order valence-corrected chi connectivity index (χ3v) is 6.97. The molecule has 188 valence electrons. The van der Waals surface area contributed by atoms with Crippen LogP contribution in [0.15, 0.2) is 48.5 Å². The molecule has 0 saturated heterocycles. The quantitative estimate of drug-likeness (QED) is 0.429. The predicted octanol–water partition coefficient (Wildman–Crippen LogP) is 2.70. The topological polar surface area (TPSA) is 139 Å². The van der Waals surface area contributed by atoms with Crippen LogP contribution in [0.4, 0.5) is 4.79 Å². The highest BCUT2D eigenvalue weighted by atomic mass is 32.2. The molecule has 0 saturated carbocycles. The predicted molar refractivity (Wildman–Crippen MR) is 131 cm³/mol. The number of carboxylic acids is 1. The SMILES string of the molecule is CCC(CC(=O)O)NC(=O)C(CCS(C)(=O)=O)NC(=O)OCC1c2ccccc2-c2ccccc21. The fourth-order valence-corrected chi connectivity index (χ4v) is 4.86. The Hall–Kier alpha value is -3.40. The number of hydrogen-bond donors (Lipinski definition) is 3. The van der Waals surface area contributed by atoms with E-state index in [1.807, 2.05) is 48.5 Å². The van der Waals surface area contributed by atoms with E-state index in [9.17, 15) is 22.8 Å². The summed E-state index contributed by atoms with van der Waals surface area (Å²) in [6.07, 6.45) is 0.0903. The van der Waals surface area contributed by atoms with Gasteiger partial charge in [0, 0.05) is 18.2 Å². The maximum absolute atomic E-state index is 12.8. The number of carbonyl (C=O) groups is 3. The Morgan fingerprint density at radius 1 is 1.00 bits per heavy atom. The molecule has 0 radical (unpaired) electrons. The summed E-state index contributed by atoms with van der Waals surface area (Å²) in [5.74, 6) is -2.23. The minimum atomic E-state index is -3.40. The molecule has 2 amide bonds. The monoisotopic (exact) mass is 502 g/mol. The van der Waals surface area contributed by atoms with Crippen molar-refractivity contribution in [2.75, 3.05) is 18.6 Å². The molecule has 1 aliphatic carbocycles. The second-order valence-corrected chi connectivity index (χ2v) is 10.9. The van der Waals surface area contributed by atoms with Crippen LogP contribution in [0.3, 0.4) is 0 Å². The summed E-state index contributed by atoms with van der Waals surface area (Å²) in [5, 5.41) is 14.1. The lowest BCUT2D eigenvalue weighted by atomic mass is 9.98. The van der Waals surface area contributed by atoms with Crippen LogP contribution in [0.25, 0.3) is 11.1 Å². The van der Waals surface area contributed by atoms with Gasteiger partial charge in [0.15, 0.2) is 0 Å². The standard InChI is InChI=1S/C25H30N2O7S/c1-3-16(14-23(28)29)26-24(30)22(12-13-35(2,32)33)27-25(31)34-15-21-19-10-6-4-8-17(19)18-9-5-7-11-20(18)21/h4-11,16,21-22H,3,12-15H2,1-2H3,(H,26,30)(H,27,31)(H,28,29). The number of fused-ring (bicyclic) bond motifs is 3. The second-order valence-electron chi connectivity index (χ2n) is 8.65. The molecule has 3 rings (SSSR count). The van der Waals surface area contributed by atoms with Crippen LogP contribution in [0.5, 0.6) is 0 Å². The van der Waals surface area contributed by atoms with Crippen LogP contribution in [0, 0.1) is 0 Å². The van der Waals surface area contributed by atoms with Crippen molar-refractivity contribution in [3.05, 3.63) is 59.7 Å². The van der Waals surface area contributed by atoms with E-state index in [4.69, 9.17) is 9.84 Å². The maximum Gasteiger partial charge on any atom is 0.407 e. The van der Waals surface area contributed by atoms with Gasteiger partial charge in [-0.15, -0.1) is 0 Å². The molecule has 2 aromatic rings. The van der Waals surface area contributed by atoms with Crippen LogP contribution in [0.2, 0.25) is 0 Å². The smallest absolute Gasteiger partial charge is 0.407 e. The summed E-state index contributed by atoms with van der Waals surface area (Å²) in [6.45, 7) is 1.76. The number of rotatable bonds is 11. The zero-order valence-electron chi connectivity index (χ0n) is 19.7. The number of ether oxygens (including phenoxy) is 1. The zero-order valence-corrected chi connectivity index (χ0v) is 20.5. The van der Waals surface area contributed by atoms with Crippen molar-refractivity contribution in [1.29, 1.82) is 0 Å². The van der Waals surface area contributed by atoms with Crippen molar-refractivity contribution in [2.24, 2.45) is 0 Å². The van der Waals surface area contributed by atoms with Crippen molar-refractivity contribution in [1.82, 2.24) is 10.6 Å². The fraction of sp³-hybridized carbons (Fsp3) is 0.400. The van der Waals surface area contributed by atoms with Crippen LogP contribution in [-0.4, -0.2) is 62.2 Å². The first-order valence-electron chi connectivity index (χ1n) is 11.4. The van der Waals surface area contributed by atoms with Gasteiger partial charge in [-0.1, -0.05) is 55.5 Å². The molecule has 0 heterocycles. The number of hydrogen-bond acceptors (Lipinski definition) is 6. The highest BCUT2D eigenvalue weighted by Gasteiger charge is 2.30. The third-order valence-electron chi connectivity index (χ3n) is 5.99. The van der Waals surface area contributed by atoms with Crippen LogP contribution in [0.1, 0.15) is 43.2 Å². The van der Waals surface area contributed by atoms with Crippen LogP contribution in [-0.2, 0) is 24.2 Å². The molecular weight excluding hydrogens is 472 g/mol. The number of sulfone groups is 1. The van der Waals surface area contributed by atoms with Gasteiger partial charge < -0.3 is 20.5 Å². The van der Waals surface area contributed by atoms with E-state index >= 15 is 0 Å². The van der Waals surface area contributed by atoms with Crippen LogP contribution < -0.4 is 10.6 Å². The lowest BCUT2D eigenvalue weighted by Gasteiger charge is -2.22. The molecule has 0 bridgehead atoms. The first-order valence-corrected chi connectivity index (χ1v) is 13.5. The molecule has 10 heteroatoms. The van der Waals surface area contributed by atoms with Crippen LogP contribution >= 0.6 is 0 Å². The lowest BCUT2D eigenvalue weighted by molar-refractivity contribution is -0.137. The molecule has 3 N–H and O–H groups in total. The Labute approximate surface area is 204 Å². The molecule has 1 aliphatic rings. The van der Waals surface area contributed by atoms with Gasteiger partial charge in [0.2, 0.25) is 5.91 Å². The molecule has 2 aromatic carbocycles. The summed E-state index contributed by atoms with van der Waals surface area (Å²) in [6, 6.07) is 13.9. The number of carbonyl (C=O) groups excluding carboxylic acids is 2. The van der Waals surface area contributed by atoms with Gasteiger partial charge >= 0.3 is 12.1 Å². The van der Waals surface area contributed by atoms with Crippen molar-refractivity contribution in [2.45, 2.75) is 44.2 Å². The number of amides is 2. The minimum absolute atomic E-state index is 0.0386. The molecule has 9 nitrogen and oxygen atoms in total. The van der Waals surface area contributed by atoms with Gasteiger partial charge in [-0.05, 0) is 35.1 Å². The van der Waals surface area contributed by atoms with Gasteiger partial charge in [0.25, 0.3) is 0 Å². The average Bonchev–Trinajstić information content (AvgIpc) is 3.12. The van der Waals surface area contributed by atoms with Gasteiger partial charge in [0.05, 0.1) is 12.2 Å². The Morgan fingerprint density at radius 2 is 1.57 bits per heavy atom. The fourth-order valence-electron chi connectivity index (χ4n) is 4.19. The number of carboxylic acid groups (broad SMARTS) is 1. The van der Waals surface area contributed by atoms with E-state index in [0.29, 0.717) is 6.42 Å². The summed E-state index contributed by atoms with van der Waals surface area (Å²) in [5.41, 5.74) is 4.22. The Balaban J connectivity index is 1.68. The van der Waals surface area contributed by atoms with Crippen molar-refractivity contribution in [3.8, 4) is 11.1 Å². The Bertz CT molecular complexity index is 1150. The number of benzene rings is 2. The van der Waals surface area contributed by atoms with Crippen molar-refractivity contribution < 1.29 is 32.6 Å². The van der Waals surface area contributed by atoms with Crippen molar-refractivity contribution in [3.63, 3.8) is 0 Å². The average molecular weight is 503 g/mol. The highest BCUT2D eigenvalue weighted by Crippen LogP contribution is 2.44. The minimum Gasteiger partial charge on any atom is -0.481 e. The molecule has 35 heavy (non-hydrogen) atoms. The molecular formula is C25H30N2O7S. The Kier molecular flexibility index (Phi) is 8.50. The number of nitrogens with one attached hydrogen (secondary N) is 2. The third kappa shape index (κ3) is 7.05. The molecule has 0 aliphatic heterocycles. The largest absolute Gasteiger partial charge is 0.481 e.